The number of thiazole rings is 1. The highest BCUT2D eigenvalue weighted by Gasteiger charge is 2.28. The molecule has 1 aliphatic heterocycles. The number of sulfonamides is 1. The van der Waals surface area contributed by atoms with Crippen LogP contribution in [-0.2, 0) is 19.6 Å². The number of carbonyl (C=O) groups is 2. The lowest BCUT2D eigenvalue weighted by molar-refractivity contribution is -0.140. The molecule has 13 heteroatoms. The maximum Gasteiger partial charge on any atom is 0.328 e. The molecule has 0 spiro atoms. The molecule has 0 bridgehead atoms. The van der Waals surface area contributed by atoms with Gasteiger partial charge in [0.1, 0.15) is 0 Å². The summed E-state index contributed by atoms with van der Waals surface area (Å²) in [6, 6.07) is 6.13. The SMILES string of the molecule is CC(CSc1cnc(NC(=O)N(CC2CCCC2)c2ccc(S(=O)(=O)N3CCOCC3)cc2)s1)C(=O)O. The first-order valence-corrected chi connectivity index (χ1v) is 15.6. The number of carbonyl (C=O) groups excluding carboxylic acids is 1. The minimum absolute atomic E-state index is 0.191. The summed E-state index contributed by atoms with van der Waals surface area (Å²) in [7, 11) is -3.62. The van der Waals surface area contributed by atoms with Gasteiger partial charge in [-0.25, -0.2) is 18.2 Å². The van der Waals surface area contributed by atoms with Crippen molar-refractivity contribution in [2.45, 2.75) is 41.7 Å². The molecule has 2 N–H and O–H groups in total. The van der Waals surface area contributed by atoms with Gasteiger partial charge in [-0.3, -0.25) is 15.0 Å². The second kappa shape index (κ2) is 12.6. The van der Waals surface area contributed by atoms with Crippen LogP contribution in [0.15, 0.2) is 39.6 Å². The van der Waals surface area contributed by atoms with E-state index in [2.05, 4.69) is 10.3 Å². The molecular weight excluding hydrogens is 536 g/mol. The van der Waals surface area contributed by atoms with Crippen LogP contribution in [-0.4, -0.2) is 73.4 Å². The van der Waals surface area contributed by atoms with Crippen molar-refractivity contribution < 1.29 is 27.9 Å². The number of aliphatic carboxylic acids is 1. The molecule has 37 heavy (non-hydrogen) atoms. The number of aromatic nitrogens is 1. The summed E-state index contributed by atoms with van der Waals surface area (Å²) >= 11 is 2.69. The Morgan fingerprint density at radius 2 is 1.92 bits per heavy atom. The molecule has 202 valence electrons. The normalized spacial score (nSPS) is 18.0. The Bertz CT molecular complexity index is 1180. The fraction of sp³-hybridized carbons (Fsp3) is 0.542. The van der Waals surface area contributed by atoms with Crippen LogP contribution in [0.5, 0.6) is 0 Å². The Balaban J connectivity index is 1.47. The highest BCUT2D eigenvalue weighted by molar-refractivity contribution is 8.01. The van der Waals surface area contributed by atoms with Gasteiger partial charge < -0.3 is 9.84 Å². The first-order valence-electron chi connectivity index (χ1n) is 12.3. The van der Waals surface area contributed by atoms with Gasteiger partial charge in [0.15, 0.2) is 5.13 Å². The number of nitrogens with zero attached hydrogens (tertiary/aromatic N) is 3. The number of hydrogen-bond donors (Lipinski definition) is 2. The maximum absolute atomic E-state index is 13.4. The number of benzene rings is 1. The van der Waals surface area contributed by atoms with Gasteiger partial charge >= 0.3 is 12.0 Å². The summed E-state index contributed by atoms with van der Waals surface area (Å²) in [6.45, 7) is 3.58. The van der Waals surface area contributed by atoms with Crippen molar-refractivity contribution in [3.05, 3.63) is 30.5 Å². The van der Waals surface area contributed by atoms with Crippen molar-refractivity contribution in [3.63, 3.8) is 0 Å². The minimum atomic E-state index is -3.62. The lowest BCUT2D eigenvalue weighted by atomic mass is 10.1. The number of anilines is 2. The molecule has 1 aromatic heterocycles. The molecule has 2 heterocycles. The van der Waals surface area contributed by atoms with Crippen molar-refractivity contribution in [3.8, 4) is 0 Å². The van der Waals surface area contributed by atoms with Crippen molar-refractivity contribution in [1.29, 1.82) is 0 Å². The summed E-state index contributed by atoms with van der Waals surface area (Å²) in [4.78, 5) is 30.5. The van der Waals surface area contributed by atoms with Crippen LogP contribution >= 0.6 is 23.1 Å². The van der Waals surface area contributed by atoms with E-state index in [1.807, 2.05) is 0 Å². The zero-order valence-corrected chi connectivity index (χ0v) is 23.1. The molecule has 1 aliphatic carbocycles. The Labute approximate surface area is 225 Å². The third-order valence-electron chi connectivity index (χ3n) is 6.51. The summed E-state index contributed by atoms with van der Waals surface area (Å²) < 4.78 is 33.5. The number of carboxylic acids is 1. The smallest absolute Gasteiger partial charge is 0.328 e. The van der Waals surface area contributed by atoms with Gasteiger partial charge in [-0.15, -0.1) is 11.8 Å². The fourth-order valence-electron chi connectivity index (χ4n) is 4.31. The van der Waals surface area contributed by atoms with E-state index in [-0.39, 0.29) is 10.9 Å². The molecule has 4 rings (SSSR count). The van der Waals surface area contributed by atoms with Crippen molar-refractivity contribution in [2.24, 2.45) is 11.8 Å². The average molecular weight is 569 g/mol. The van der Waals surface area contributed by atoms with E-state index in [4.69, 9.17) is 9.84 Å². The molecule has 1 atom stereocenters. The van der Waals surface area contributed by atoms with E-state index in [1.54, 1.807) is 42.3 Å². The lowest BCUT2D eigenvalue weighted by Gasteiger charge is -2.27. The third-order valence-corrected chi connectivity index (χ3v) is 10.8. The standard InChI is InChI=1S/C24H32N4O6S3/c1-17(22(29)30)16-35-21-14-25-23(36-21)26-24(31)28(15-18-4-2-3-5-18)19-6-8-20(9-7-19)37(32,33)27-10-12-34-13-11-27/h6-9,14,17-18H,2-5,10-13,15-16H2,1H3,(H,29,30)(H,25,26,31). The van der Waals surface area contributed by atoms with Crippen LogP contribution in [0, 0.1) is 11.8 Å². The number of rotatable bonds is 10. The first kappa shape index (κ1) is 27.8. The number of thioether (sulfide) groups is 1. The molecule has 2 aromatic rings. The third kappa shape index (κ3) is 7.23. The van der Waals surface area contributed by atoms with Crippen molar-refractivity contribution >= 4 is 55.9 Å². The zero-order valence-electron chi connectivity index (χ0n) is 20.7. The van der Waals surface area contributed by atoms with E-state index < -0.39 is 21.9 Å². The van der Waals surface area contributed by atoms with Gasteiger partial charge in [0.05, 0.1) is 34.4 Å². The number of morpholine rings is 1. The maximum atomic E-state index is 13.4. The molecule has 1 aromatic carbocycles. The number of urea groups is 1. The number of ether oxygens (including phenoxy) is 1. The van der Waals surface area contributed by atoms with E-state index in [0.29, 0.717) is 55.3 Å². The second-order valence-electron chi connectivity index (χ2n) is 9.24. The van der Waals surface area contributed by atoms with Crippen LogP contribution in [0.2, 0.25) is 0 Å². The molecule has 1 saturated heterocycles. The Hall–Kier alpha value is -2.19. The lowest BCUT2D eigenvalue weighted by Crippen LogP contribution is -2.40. The van der Waals surface area contributed by atoms with Crippen LogP contribution in [0.1, 0.15) is 32.6 Å². The van der Waals surface area contributed by atoms with Gasteiger partial charge in [-0.1, -0.05) is 31.1 Å². The highest BCUT2D eigenvalue weighted by atomic mass is 32.2. The van der Waals surface area contributed by atoms with Gasteiger partial charge in [0.25, 0.3) is 0 Å². The summed E-state index contributed by atoms with van der Waals surface area (Å²) in [5, 5.41) is 12.4. The van der Waals surface area contributed by atoms with Gasteiger partial charge in [-0.2, -0.15) is 4.31 Å². The van der Waals surface area contributed by atoms with E-state index in [1.165, 1.54) is 27.4 Å². The zero-order chi connectivity index (χ0) is 26.4. The van der Waals surface area contributed by atoms with Gasteiger partial charge in [0.2, 0.25) is 10.0 Å². The average Bonchev–Trinajstić information content (AvgIpc) is 3.58. The largest absolute Gasteiger partial charge is 0.481 e. The molecular formula is C24H32N4O6S3. The van der Waals surface area contributed by atoms with Gasteiger partial charge in [0, 0.05) is 31.1 Å². The van der Waals surface area contributed by atoms with Crippen molar-refractivity contribution in [1.82, 2.24) is 9.29 Å². The number of nitrogens with one attached hydrogen (secondary N) is 1. The van der Waals surface area contributed by atoms with Crippen LogP contribution in [0.4, 0.5) is 15.6 Å². The predicted octanol–water partition coefficient (Wildman–Crippen LogP) is 4.21. The number of carboxylic acid groups (broad SMARTS) is 1. The van der Waals surface area contributed by atoms with Crippen LogP contribution in [0.3, 0.4) is 0 Å². The summed E-state index contributed by atoms with van der Waals surface area (Å²) in [5.41, 5.74) is 0.617. The molecule has 2 amide bonds. The Morgan fingerprint density at radius 1 is 1.24 bits per heavy atom. The molecule has 2 fully saturated rings. The molecule has 10 nitrogen and oxygen atoms in total. The Kier molecular flexibility index (Phi) is 9.46. The predicted molar refractivity (Wildman–Crippen MR) is 144 cm³/mol. The molecule has 1 unspecified atom stereocenters. The summed E-state index contributed by atoms with van der Waals surface area (Å²) in [6.07, 6.45) is 6.00. The quantitative estimate of drug-likeness (QED) is 0.408. The monoisotopic (exact) mass is 568 g/mol. The fourth-order valence-corrected chi connectivity index (χ4v) is 7.62. The number of amides is 2. The second-order valence-corrected chi connectivity index (χ2v) is 13.5. The number of hydrogen-bond acceptors (Lipinski definition) is 8. The first-order chi connectivity index (χ1) is 17.7. The van der Waals surface area contributed by atoms with Crippen molar-refractivity contribution in [2.75, 3.05) is 48.8 Å². The molecule has 2 aliphatic rings. The van der Waals surface area contributed by atoms with Gasteiger partial charge in [-0.05, 0) is 43.0 Å². The van der Waals surface area contributed by atoms with E-state index >= 15 is 0 Å². The van der Waals surface area contributed by atoms with Crippen LogP contribution < -0.4 is 10.2 Å². The van der Waals surface area contributed by atoms with E-state index in [0.717, 1.165) is 29.9 Å². The highest BCUT2D eigenvalue weighted by Crippen LogP contribution is 2.32. The van der Waals surface area contributed by atoms with E-state index in [9.17, 15) is 18.0 Å². The Morgan fingerprint density at radius 3 is 2.57 bits per heavy atom. The molecule has 1 saturated carbocycles. The summed E-state index contributed by atoms with van der Waals surface area (Å²) in [5.74, 6) is -0.542. The minimum Gasteiger partial charge on any atom is -0.481 e. The van der Waals surface area contributed by atoms with Crippen LogP contribution in [0.25, 0.3) is 0 Å². The molecule has 0 radical (unpaired) electrons. The topological polar surface area (TPSA) is 129 Å².